The van der Waals surface area contributed by atoms with E-state index in [9.17, 15) is 0 Å². The number of anilines is 2. The highest BCUT2D eigenvalue weighted by atomic mass is 32.2. The average Bonchev–Trinajstić information content (AvgIpc) is 2.67. The Balaban J connectivity index is 1.85. The number of thiocarbonyl (C=S) groups is 1. The smallest absolute Gasteiger partial charge is 0.232 e. The summed E-state index contributed by atoms with van der Waals surface area (Å²) in [5.74, 6) is 1.41. The summed E-state index contributed by atoms with van der Waals surface area (Å²) >= 11 is 6.77. The van der Waals surface area contributed by atoms with Crippen LogP contribution in [0.4, 0.5) is 11.8 Å². The molecule has 2 N–H and O–H groups in total. The zero-order chi connectivity index (χ0) is 19.1. The third kappa shape index (κ3) is 5.74. The van der Waals surface area contributed by atoms with Gasteiger partial charge in [0.2, 0.25) is 5.95 Å². The topological polar surface area (TPSA) is 78.9 Å². The lowest BCUT2D eigenvalue weighted by Crippen LogP contribution is -2.38. The third-order valence-electron chi connectivity index (χ3n) is 4.29. The minimum absolute atomic E-state index is 0.456. The lowest BCUT2D eigenvalue weighted by molar-refractivity contribution is 0.480. The molecular formula is C18H25N7S2. The minimum atomic E-state index is 0.456. The molecule has 1 atom stereocenters. The van der Waals surface area contributed by atoms with Crippen molar-refractivity contribution in [3.05, 3.63) is 24.5 Å². The summed E-state index contributed by atoms with van der Waals surface area (Å²) < 4.78 is 0. The number of hydrogen-bond acceptors (Lipinski definition) is 7. The lowest BCUT2D eigenvalue weighted by atomic mass is 10.0. The third-order valence-corrected chi connectivity index (χ3v) is 5.34. The number of rotatable bonds is 6. The summed E-state index contributed by atoms with van der Waals surface area (Å²) in [6.45, 7) is 6.16. The summed E-state index contributed by atoms with van der Waals surface area (Å²) in [6, 6.07) is 4.27. The van der Waals surface area contributed by atoms with E-state index >= 15 is 0 Å². The molecule has 0 amide bonds. The summed E-state index contributed by atoms with van der Waals surface area (Å²) in [7, 11) is 0. The molecule has 1 saturated heterocycles. The van der Waals surface area contributed by atoms with Gasteiger partial charge < -0.3 is 15.5 Å². The van der Waals surface area contributed by atoms with Crippen LogP contribution in [0.1, 0.15) is 39.5 Å². The Hall–Kier alpha value is -2.00. The van der Waals surface area contributed by atoms with Crippen molar-refractivity contribution in [3.63, 3.8) is 0 Å². The minimum Gasteiger partial charge on any atom is -0.362 e. The van der Waals surface area contributed by atoms with E-state index in [1.807, 2.05) is 6.07 Å². The van der Waals surface area contributed by atoms with E-state index in [4.69, 9.17) is 17.2 Å². The van der Waals surface area contributed by atoms with Crippen LogP contribution < -0.4 is 15.5 Å². The fourth-order valence-electron chi connectivity index (χ4n) is 2.92. The van der Waals surface area contributed by atoms with Crippen LogP contribution in [0.25, 0.3) is 0 Å². The average molecular weight is 404 g/mol. The first kappa shape index (κ1) is 19.8. The Morgan fingerprint density at radius 2 is 2.11 bits per heavy atom. The number of nitrogens with zero attached hydrogens (tertiary/aromatic N) is 5. The Morgan fingerprint density at radius 1 is 1.30 bits per heavy atom. The molecule has 9 heteroatoms. The molecule has 2 aromatic heterocycles. The van der Waals surface area contributed by atoms with E-state index in [2.05, 4.69) is 44.3 Å². The second kappa shape index (κ2) is 9.80. The maximum atomic E-state index is 5.35. The summed E-state index contributed by atoms with van der Waals surface area (Å²) in [6.07, 6.45) is 8.07. The van der Waals surface area contributed by atoms with Crippen molar-refractivity contribution in [2.24, 2.45) is 0 Å². The Kier molecular flexibility index (Phi) is 7.17. The van der Waals surface area contributed by atoms with Gasteiger partial charge in [0.05, 0.1) is 0 Å². The molecule has 0 aromatic carbocycles. The largest absolute Gasteiger partial charge is 0.362 e. The second-order valence-electron chi connectivity index (χ2n) is 6.44. The predicted molar refractivity (Wildman–Crippen MR) is 113 cm³/mol. The van der Waals surface area contributed by atoms with Crippen LogP contribution in [0.15, 0.2) is 34.7 Å². The van der Waals surface area contributed by atoms with Gasteiger partial charge in [-0.3, -0.25) is 0 Å². The molecule has 0 spiro atoms. The number of aromatic nitrogens is 4. The number of piperidine rings is 1. The van der Waals surface area contributed by atoms with Crippen molar-refractivity contribution in [1.29, 1.82) is 0 Å². The standard InChI is InChI=1S/C18H25N7S2/c1-3-8-19-17(26)24-16-22-14(25-11-5-4-7-13(25)2)12-15(23-16)27-18-20-9-6-10-21-18/h6,9-10,12-13H,3-5,7-8,11H2,1-2H3,(H2,19,22,23,24,26)/t13-/m1/s1. The van der Waals surface area contributed by atoms with E-state index in [0.29, 0.717) is 22.3 Å². The van der Waals surface area contributed by atoms with Gasteiger partial charge in [0, 0.05) is 37.6 Å². The fourth-order valence-corrected chi connectivity index (χ4v) is 3.83. The van der Waals surface area contributed by atoms with Crippen LogP contribution in [0.2, 0.25) is 0 Å². The van der Waals surface area contributed by atoms with Crippen LogP contribution in [0.3, 0.4) is 0 Å². The molecule has 27 heavy (non-hydrogen) atoms. The van der Waals surface area contributed by atoms with Crippen LogP contribution in [-0.4, -0.2) is 44.2 Å². The quantitative estimate of drug-likeness (QED) is 0.428. The highest BCUT2D eigenvalue weighted by Gasteiger charge is 2.21. The van der Waals surface area contributed by atoms with Crippen LogP contribution >= 0.6 is 24.0 Å². The second-order valence-corrected chi connectivity index (χ2v) is 7.84. The Morgan fingerprint density at radius 3 is 2.85 bits per heavy atom. The van der Waals surface area contributed by atoms with E-state index in [1.54, 1.807) is 18.5 Å². The van der Waals surface area contributed by atoms with Crippen molar-refractivity contribution >= 4 is 40.9 Å². The van der Waals surface area contributed by atoms with Crippen molar-refractivity contribution in [3.8, 4) is 0 Å². The van der Waals surface area contributed by atoms with Crippen molar-refractivity contribution in [2.75, 3.05) is 23.3 Å². The molecule has 2 aromatic rings. The van der Waals surface area contributed by atoms with E-state index in [1.165, 1.54) is 31.0 Å². The first-order chi connectivity index (χ1) is 13.2. The van der Waals surface area contributed by atoms with E-state index in [0.717, 1.165) is 30.4 Å². The van der Waals surface area contributed by atoms with Gasteiger partial charge in [-0.15, -0.1) is 0 Å². The van der Waals surface area contributed by atoms with Crippen LogP contribution in [0.5, 0.6) is 0 Å². The normalized spacial score (nSPS) is 16.8. The first-order valence-electron chi connectivity index (χ1n) is 9.31. The van der Waals surface area contributed by atoms with Gasteiger partial charge in [-0.2, -0.15) is 4.98 Å². The van der Waals surface area contributed by atoms with Crippen LogP contribution in [-0.2, 0) is 0 Å². The molecule has 0 saturated carbocycles. The highest BCUT2D eigenvalue weighted by Crippen LogP contribution is 2.29. The molecule has 144 valence electrons. The van der Waals surface area contributed by atoms with Gasteiger partial charge in [0.15, 0.2) is 10.3 Å². The maximum Gasteiger partial charge on any atom is 0.232 e. The fraction of sp³-hybridized carbons (Fsp3) is 0.500. The molecular weight excluding hydrogens is 378 g/mol. The van der Waals surface area contributed by atoms with E-state index in [-0.39, 0.29) is 0 Å². The van der Waals surface area contributed by atoms with Crippen molar-refractivity contribution < 1.29 is 0 Å². The van der Waals surface area contributed by atoms with Gasteiger partial charge in [-0.05, 0) is 62.7 Å². The van der Waals surface area contributed by atoms with Gasteiger partial charge in [-0.25, -0.2) is 15.0 Å². The molecule has 0 unspecified atom stereocenters. The molecule has 0 aliphatic carbocycles. The summed E-state index contributed by atoms with van der Waals surface area (Å²) in [5.41, 5.74) is 0. The molecule has 7 nitrogen and oxygen atoms in total. The first-order valence-corrected chi connectivity index (χ1v) is 10.5. The maximum absolute atomic E-state index is 5.35. The molecule has 1 aliphatic rings. The van der Waals surface area contributed by atoms with Crippen molar-refractivity contribution in [1.82, 2.24) is 25.3 Å². The van der Waals surface area contributed by atoms with Gasteiger partial charge in [-0.1, -0.05) is 6.92 Å². The SMILES string of the molecule is CCCNC(=S)Nc1nc(Sc2ncccn2)cc(N2CCCC[C@H]2C)n1. The van der Waals surface area contributed by atoms with Crippen LogP contribution in [0, 0.1) is 0 Å². The molecule has 3 rings (SSSR count). The molecule has 1 aliphatic heterocycles. The monoisotopic (exact) mass is 403 g/mol. The summed E-state index contributed by atoms with van der Waals surface area (Å²) in [5, 5.41) is 8.26. The van der Waals surface area contributed by atoms with Gasteiger partial charge in [0.1, 0.15) is 10.8 Å². The Labute approximate surface area is 169 Å². The van der Waals surface area contributed by atoms with Gasteiger partial charge in [0.25, 0.3) is 0 Å². The molecule has 3 heterocycles. The summed E-state index contributed by atoms with van der Waals surface area (Å²) in [4.78, 5) is 20.2. The molecule has 1 fully saturated rings. The molecule has 0 bridgehead atoms. The highest BCUT2D eigenvalue weighted by molar-refractivity contribution is 7.99. The van der Waals surface area contributed by atoms with Gasteiger partial charge >= 0.3 is 0 Å². The number of hydrogen-bond donors (Lipinski definition) is 2. The lowest BCUT2D eigenvalue weighted by Gasteiger charge is -2.34. The predicted octanol–water partition coefficient (Wildman–Crippen LogP) is 3.49. The van der Waals surface area contributed by atoms with Crippen molar-refractivity contribution in [2.45, 2.75) is 55.8 Å². The number of nitrogens with one attached hydrogen (secondary N) is 2. The zero-order valence-electron chi connectivity index (χ0n) is 15.7. The zero-order valence-corrected chi connectivity index (χ0v) is 17.3. The Bertz CT molecular complexity index is 757. The van der Waals surface area contributed by atoms with E-state index < -0.39 is 0 Å². The molecule has 0 radical (unpaired) electrons.